The number of amides is 1. The lowest BCUT2D eigenvalue weighted by molar-refractivity contribution is -0.137. The second-order valence-electron chi connectivity index (χ2n) is 9.40. The summed E-state index contributed by atoms with van der Waals surface area (Å²) in [6.45, 7) is 4.71. The van der Waals surface area contributed by atoms with Gasteiger partial charge in [-0.3, -0.25) is 4.79 Å². The smallest absolute Gasteiger partial charge is 0.416 e. The molecule has 2 aromatic carbocycles. The number of furan rings is 1. The van der Waals surface area contributed by atoms with E-state index in [2.05, 4.69) is 15.2 Å². The Morgan fingerprint density at radius 3 is 2.45 bits per heavy atom. The molecule has 11 heteroatoms. The minimum atomic E-state index is -4.36. The first-order valence-electron chi connectivity index (χ1n) is 12.8. The van der Waals surface area contributed by atoms with Crippen molar-refractivity contribution in [3.8, 4) is 0 Å². The van der Waals surface area contributed by atoms with Gasteiger partial charge < -0.3 is 19.5 Å². The number of aromatic nitrogens is 2. The summed E-state index contributed by atoms with van der Waals surface area (Å²) in [6.07, 6.45) is -4.36. The molecule has 0 unspecified atom stereocenters. The first-order chi connectivity index (χ1) is 19.2. The monoisotopic (exact) mass is 567 g/mol. The SMILES string of the molecule is Cc1cc(N2CCN(c3cccc(C(F)(F)F)c3)CC2)nc(SCc2ccc(C(=O)NCc3ccccc3)o2)n1. The molecule has 0 radical (unpaired) electrons. The van der Waals surface area contributed by atoms with E-state index in [0.717, 1.165) is 23.1 Å². The lowest BCUT2D eigenvalue weighted by Gasteiger charge is -2.37. The van der Waals surface area contributed by atoms with Crippen molar-refractivity contribution in [2.24, 2.45) is 0 Å². The number of alkyl halides is 3. The summed E-state index contributed by atoms with van der Waals surface area (Å²) in [4.78, 5) is 25.8. The molecule has 1 amide bonds. The zero-order chi connectivity index (χ0) is 28.1. The zero-order valence-corrected chi connectivity index (χ0v) is 22.6. The first-order valence-corrected chi connectivity index (χ1v) is 13.8. The molecule has 0 bridgehead atoms. The molecular formula is C29H28F3N5O2S. The molecule has 2 aromatic heterocycles. The van der Waals surface area contributed by atoms with Crippen molar-refractivity contribution in [1.82, 2.24) is 15.3 Å². The fourth-order valence-electron chi connectivity index (χ4n) is 4.40. The minimum absolute atomic E-state index is 0.246. The largest absolute Gasteiger partial charge is 0.455 e. The number of hydrogen-bond donors (Lipinski definition) is 1. The van der Waals surface area contributed by atoms with Crippen LogP contribution in [0, 0.1) is 6.92 Å². The van der Waals surface area contributed by atoms with E-state index in [1.807, 2.05) is 48.2 Å². The molecule has 1 aliphatic heterocycles. The van der Waals surface area contributed by atoms with E-state index < -0.39 is 11.7 Å². The van der Waals surface area contributed by atoms with Crippen LogP contribution in [0.4, 0.5) is 24.7 Å². The van der Waals surface area contributed by atoms with Gasteiger partial charge in [0.2, 0.25) is 0 Å². The van der Waals surface area contributed by atoms with Crippen LogP contribution in [0.5, 0.6) is 0 Å². The molecule has 7 nitrogen and oxygen atoms in total. The highest BCUT2D eigenvalue weighted by Gasteiger charge is 2.31. The van der Waals surface area contributed by atoms with Crippen molar-refractivity contribution in [3.05, 3.63) is 101 Å². The molecule has 40 heavy (non-hydrogen) atoms. The van der Waals surface area contributed by atoms with E-state index in [0.29, 0.717) is 55.1 Å². The number of carbonyl (C=O) groups excluding carboxylic acids is 1. The molecule has 4 aromatic rings. The predicted molar refractivity (Wildman–Crippen MR) is 149 cm³/mol. The van der Waals surface area contributed by atoms with Crippen LogP contribution in [0.25, 0.3) is 0 Å². The van der Waals surface area contributed by atoms with Gasteiger partial charge in [0, 0.05) is 50.2 Å². The number of benzene rings is 2. The number of nitrogens with zero attached hydrogens (tertiary/aromatic N) is 4. The Kier molecular flexibility index (Phi) is 8.29. The number of rotatable bonds is 8. The number of halogens is 3. The van der Waals surface area contributed by atoms with Gasteiger partial charge >= 0.3 is 6.18 Å². The Morgan fingerprint density at radius 2 is 1.70 bits per heavy atom. The number of nitrogens with one attached hydrogen (secondary N) is 1. The topological polar surface area (TPSA) is 74.5 Å². The van der Waals surface area contributed by atoms with Gasteiger partial charge in [-0.1, -0.05) is 48.2 Å². The van der Waals surface area contributed by atoms with Crippen molar-refractivity contribution < 1.29 is 22.4 Å². The van der Waals surface area contributed by atoms with Gasteiger partial charge in [0.05, 0.1) is 11.3 Å². The number of hydrogen-bond acceptors (Lipinski definition) is 7. The quantitative estimate of drug-likeness (QED) is 0.209. The summed E-state index contributed by atoms with van der Waals surface area (Å²) in [5.41, 5.74) is 1.74. The van der Waals surface area contributed by atoms with Gasteiger partial charge in [0.15, 0.2) is 10.9 Å². The molecule has 1 saturated heterocycles. The van der Waals surface area contributed by atoms with Gasteiger partial charge in [-0.25, -0.2) is 9.97 Å². The molecule has 0 saturated carbocycles. The highest BCUT2D eigenvalue weighted by molar-refractivity contribution is 7.98. The molecule has 1 aliphatic rings. The molecule has 1 fully saturated rings. The van der Waals surface area contributed by atoms with E-state index in [1.165, 1.54) is 23.9 Å². The van der Waals surface area contributed by atoms with Crippen LogP contribution in [0.3, 0.4) is 0 Å². The average Bonchev–Trinajstić information content (AvgIpc) is 3.44. The molecular weight excluding hydrogens is 539 g/mol. The third-order valence-electron chi connectivity index (χ3n) is 6.49. The van der Waals surface area contributed by atoms with E-state index in [1.54, 1.807) is 18.2 Å². The zero-order valence-electron chi connectivity index (χ0n) is 21.8. The van der Waals surface area contributed by atoms with Crippen LogP contribution < -0.4 is 15.1 Å². The number of anilines is 2. The first kappa shape index (κ1) is 27.6. The van der Waals surface area contributed by atoms with E-state index in [-0.39, 0.29) is 11.7 Å². The number of carbonyl (C=O) groups is 1. The lowest BCUT2D eigenvalue weighted by Crippen LogP contribution is -2.47. The maximum atomic E-state index is 13.1. The lowest BCUT2D eigenvalue weighted by atomic mass is 10.1. The Hall–Kier alpha value is -3.99. The number of thioether (sulfide) groups is 1. The molecule has 0 atom stereocenters. The highest BCUT2D eigenvalue weighted by Crippen LogP contribution is 2.32. The van der Waals surface area contributed by atoms with Crippen LogP contribution in [-0.2, 0) is 18.5 Å². The average molecular weight is 568 g/mol. The standard InChI is InChI=1S/C29H28F3N5O2S/c1-20-16-26(37-14-12-36(13-15-37)23-9-5-8-22(17-23)29(30,31)32)35-28(34-20)40-19-24-10-11-25(39-24)27(38)33-18-21-6-3-2-4-7-21/h2-11,16-17H,12-15,18-19H2,1H3,(H,33,38). The molecule has 5 rings (SSSR count). The van der Waals surface area contributed by atoms with Gasteiger partial charge in [-0.15, -0.1) is 0 Å². The van der Waals surface area contributed by atoms with Crippen LogP contribution in [-0.4, -0.2) is 42.1 Å². The van der Waals surface area contributed by atoms with Gasteiger partial charge in [0.25, 0.3) is 5.91 Å². The predicted octanol–water partition coefficient (Wildman–Crippen LogP) is 5.95. The van der Waals surface area contributed by atoms with Crippen LogP contribution in [0.15, 0.2) is 82.4 Å². The summed E-state index contributed by atoms with van der Waals surface area (Å²) in [7, 11) is 0. The van der Waals surface area contributed by atoms with Crippen molar-refractivity contribution in [2.45, 2.75) is 30.6 Å². The van der Waals surface area contributed by atoms with Crippen molar-refractivity contribution in [2.75, 3.05) is 36.0 Å². The van der Waals surface area contributed by atoms with E-state index in [4.69, 9.17) is 9.40 Å². The third kappa shape index (κ3) is 6.95. The fraction of sp³-hybridized carbons (Fsp3) is 0.276. The van der Waals surface area contributed by atoms with Gasteiger partial charge in [-0.05, 0) is 42.8 Å². The van der Waals surface area contributed by atoms with Crippen LogP contribution in [0.1, 0.15) is 33.1 Å². The van der Waals surface area contributed by atoms with E-state index >= 15 is 0 Å². The van der Waals surface area contributed by atoms with Gasteiger partial charge in [0.1, 0.15) is 11.6 Å². The Morgan fingerprint density at radius 1 is 0.950 bits per heavy atom. The Labute approximate surface area is 234 Å². The van der Waals surface area contributed by atoms with Crippen LogP contribution >= 0.6 is 11.8 Å². The van der Waals surface area contributed by atoms with Gasteiger partial charge in [-0.2, -0.15) is 13.2 Å². The normalized spacial score (nSPS) is 13.9. The highest BCUT2D eigenvalue weighted by atomic mass is 32.2. The second kappa shape index (κ2) is 12.0. The molecule has 3 heterocycles. The summed E-state index contributed by atoms with van der Waals surface area (Å²) < 4.78 is 45.1. The Bertz CT molecular complexity index is 1450. The summed E-state index contributed by atoms with van der Waals surface area (Å²) in [5.74, 6) is 1.84. The van der Waals surface area contributed by atoms with Crippen LogP contribution in [0.2, 0.25) is 0 Å². The second-order valence-corrected chi connectivity index (χ2v) is 10.3. The minimum Gasteiger partial charge on any atom is -0.455 e. The maximum Gasteiger partial charge on any atom is 0.416 e. The molecule has 208 valence electrons. The van der Waals surface area contributed by atoms with Crippen molar-refractivity contribution in [3.63, 3.8) is 0 Å². The molecule has 0 aliphatic carbocycles. The number of piperazine rings is 1. The summed E-state index contributed by atoms with van der Waals surface area (Å²) in [6, 6.07) is 20.4. The van der Waals surface area contributed by atoms with Crippen molar-refractivity contribution in [1.29, 1.82) is 0 Å². The summed E-state index contributed by atoms with van der Waals surface area (Å²) >= 11 is 1.41. The fourth-order valence-corrected chi connectivity index (χ4v) is 5.20. The Balaban J connectivity index is 1.16. The molecule has 1 N–H and O–H groups in total. The van der Waals surface area contributed by atoms with Crippen molar-refractivity contribution >= 4 is 29.2 Å². The molecule has 0 spiro atoms. The third-order valence-corrected chi connectivity index (χ3v) is 7.36. The number of aryl methyl sites for hydroxylation is 1. The van der Waals surface area contributed by atoms with E-state index in [9.17, 15) is 18.0 Å². The summed E-state index contributed by atoms with van der Waals surface area (Å²) in [5, 5.41) is 3.44. The maximum absolute atomic E-state index is 13.1.